The summed E-state index contributed by atoms with van der Waals surface area (Å²) in [6.45, 7) is 0. The second-order valence-electron chi connectivity index (χ2n) is 16.7. The Kier molecular flexibility index (Phi) is 14.3. The zero-order chi connectivity index (χ0) is 53.5. The van der Waals surface area contributed by atoms with Crippen molar-refractivity contribution in [2.45, 2.75) is 0 Å². The van der Waals surface area contributed by atoms with Gasteiger partial charge in [-0.25, -0.2) is 28.8 Å². The SMILES string of the molecule is O=C(O)c1ccc(-c2ccc(OC(=O)c3ccc(-c4ccc(OC(=O)c5ccc(-c6ccc(OC(=O)c7cc(OC(=O)c8cc(O)cc(O)c8)cc(OC(=O)c8cc(O)cc(O)c8)c7)cc6)cc5)cc4)cc3)cc2)cc1. The molecule has 0 saturated carbocycles. The van der Waals surface area contributed by atoms with E-state index in [1.54, 1.807) is 121 Å². The van der Waals surface area contributed by atoms with Gasteiger partial charge in [0.2, 0.25) is 0 Å². The molecule has 0 fully saturated rings. The van der Waals surface area contributed by atoms with E-state index in [4.69, 9.17) is 28.8 Å². The average molecular weight is 1010 g/mol. The Bertz CT molecular complexity index is 3560. The number of esters is 5. The second-order valence-corrected chi connectivity index (χ2v) is 16.7. The quantitative estimate of drug-likeness (QED) is 0.0502. The van der Waals surface area contributed by atoms with E-state index in [1.807, 2.05) is 0 Å². The molecule has 374 valence electrons. The Balaban J connectivity index is 0.795. The molecule has 0 aliphatic heterocycles. The van der Waals surface area contributed by atoms with Crippen LogP contribution in [0.1, 0.15) is 62.1 Å². The van der Waals surface area contributed by atoms with Gasteiger partial charge in [0.25, 0.3) is 0 Å². The van der Waals surface area contributed by atoms with Crippen molar-refractivity contribution >= 4 is 35.8 Å². The summed E-state index contributed by atoms with van der Waals surface area (Å²) in [6, 6.07) is 49.6. The molecule has 9 aromatic carbocycles. The van der Waals surface area contributed by atoms with Gasteiger partial charge in [-0.05, 0) is 143 Å². The zero-order valence-electron chi connectivity index (χ0n) is 39.3. The van der Waals surface area contributed by atoms with Gasteiger partial charge in [-0.15, -0.1) is 0 Å². The van der Waals surface area contributed by atoms with Gasteiger partial charge in [0, 0.05) is 18.2 Å². The first-order valence-corrected chi connectivity index (χ1v) is 22.8. The Morgan fingerprint density at radius 1 is 0.237 bits per heavy atom. The third-order valence-corrected chi connectivity index (χ3v) is 11.4. The number of carboxylic acid groups (broad SMARTS) is 1. The van der Waals surface area contributed by atoms with E-state index >= 15 is 0 Å². The molecule has 0 heterocycles. The maximum absolute atomic E-state index is 13.5. The summed E-state index contributed by atoms with van der Waals surface area (Å²) >= 11 is 0. The summed E-state index contributed by atoms with van der Waals surface area (Å²) in [7, 11) is 0. The van der Waals surface area contributed by atoms with E-state index in [9.17, 15) is 49.2 Å². The van der Waals surface area contributed by atoms with Crippen LogP contribution >= 0.6 is 0 Å². The first-order chi connectivity index (χ1) is 36.6. The van der Waals surface area contributed by atoms with Crippen LogP contribution in [0.15, 0.2) is 200 Å². The van der Waals surface area contributed by atoms with Crippen LogP contribution in [0.2, 0.25) is 0 Å². The fraction of sp³-hybridized carbons (Fsp3) is 0. The lowest BCUT2D eigenvalue weighted by atomic mass is 10.0. The normalized spacial score (nSPS) is 10.7. The molecule has 0 saturated heterocycles. The summed E-state index contributed by atoms with van der Waals surface area (Å²) in [5.74, 6) is -6.70. The molecular formula is C60H38O16. The molecule has 9 aromatic rings. The molecule has 16 nitrogen and oxygen atoms in total. The summed E-state index contributed by atoms with van der Waals surface area (Å²) < 4.78 is 27.6. The smallest absolute Gasteiger partial charge is 0.343 e. The molecule has 0 bridgehead atoms. The van der Waals surface area contributed by atoms with Crippen LogP contribution in [0.3, 0.4) is 0 Å². The van der Waals surface area contributed by atoms with E-state index in [-0.39, 0.29) is 45.1 Å². The highest BCUT2D eigenvalue weighted by Gasteiger charge is 2.20. The lowest BCUT2D eigenvalue weighted by Crippen LogP contribution is -2.13. The van der Waals surface area contributed by atoms with Crippen molar-refractivity contribution in [1.82, 2.24) is 0 Å². The second kappa shape index (κ2) is 21.8. The highest BCUT2D eigenvalue weighted by atomic mass is 16.6. The van der Waals surface area contributed by atoms with Crippen molar-refractivity contribution in [1.29, 1.82) is 0 Å². The van der Waals surface area contributed by atoms with Crippen LogP contribution in [0.4, 0.5) is 0 Å². The zero-order valence-corrected chi connectivity index (χ0v) is 39.3. The molecule has 0 spiro atoms. The Labute approximate surface area is 431 Å². The number of rotatable bonds is 14. The molecule has 0 atom stereocenters. The third kappa shape index (κ3) is 12.2. The molecule has 0 aliphatic carbocycles. The number of aromatic hydroxyl groups is 4. The van der Waals surface area contributed by atoms with Crippen LogP contribution in [0.5, 0.6) is 51.7 Å². The fourth-order valence-corrected chi connectivity index (χ4v) is 7.61. The Hall–Kier alpha value is -11.0. The van der Waals surface area contributed by atoms with Crippen molar-refractivity contribution in [2.24, 2.45) is 0 Å². The van der Waals surface area contributed by atoms with Gasteiger partial charge in [-0.1, -0.05) is 72.8 Å². The monoisotopic (exact) mass is 1010 g/mol. The average Bonchev–Trinajstić information content (AvgIpc) is 3.41. The van der Waals surface area contributed by atoms with Crippen LogP contribution in [0, 0.1) is 0 Å². The van der Waals surface area contributed by atoms with Crippen molar-refractivity contribution < 1.29 is 78.0 Å². The number of benzene rings is 9. The van der Waals surface area contributed by atoms with Crippen molar-refractivity contribution in [2.75, 3.05) is 0 Å². The van der Waals surface area contributed by atoms with Gasteiger partial charge in [-0.3, -0.25) is 0 Å². The standard InChI is InChI=1S/C60H38O16/c61-46-25-43(26-47(62)31-46)58(69)75-53-29-45(30-54(33-53)76-59(70)44-27-48(63)32-49(64)28-44)60(71)74-52-23-17-39(18-24-52)36-5-11-42(12-6-36)57(68)73-51-21-15-38(16-22-51)35-3-9-41(10-4-35)56(67)72-50-19-13-37(14-20-50)34-1-7-40(8-2-34)55(65)66/h1-33,61-64H,(H,65,66). The fourth-order valence-electron chi connectivity index (χ4n) is 7.61. The maximum Gasteiger partial charge on any atom is 0.343 e. The van der Waals surface area contributed by atoms with Gasteiger partial charge >= 0.3 is 35.8 Å². The van der Waals surface area contributed by atoms with Crippen LogP contribution in [-0.4, -0.2) is 61.3 Å². The molecule has 9 rings (SSSR count). The number of hydrogen-bond acceptors (Lipinski definition) is 15. The van der Waals surface area contributed by atoms with E-state index in [0.29, 0.717) is 22.6 Å². The van der Waals surface area contributed by atoms with Gasteiger partial charge < -0.3 is 49.2 Å². The van der Waals surface area contributed by atoms with Crippen molar-refractivity contribution in [3.05, 3.63) is 234 Å². The summed E-state index contributed by atoms with van der Waals surface area (Å²) in [4.78, 5) is 76.7. The summed E-state index contributed by atoms with van der Waals surface area (Å²) in [5, 5.41) is 48.6. The number of ether oxygens (including phenoxy) is 5. The number of hydrogen-bond donors (Lipinski definition) is 5. The van der Waals surface area contributed by atoms with E-state index in [0.717, 1.165) is 82.4 Å². The molecule has 16 heteroatoms. The van der Waals surface area contributed by atoms with Crippen LogP contribution in [-0.2, 0) is 0 Å². The molecule has 0 unspecified atom stereocenters. The molecule has 0 aromatic heterocycles. The maximum atomic E-state index is 13.5. The van der Waals surface area contributed by atoms with E-state index in [2.05, 4.69) is 0 Å². The molecule has 0 aliphatic rings. The summed E-state index contributed by atoms with van der Waals surface area (Å²) in [6.07, 6.45) is 0. The molecule has 5 N–H and O–H groups in total. The molecule has 76 heavy (non-hydrogen) atoms. The Morgan fingerprint density at radius 3 is 0.737 bits per heavy atom. The topological polar surface area (TPSA) is 250 Å². The first-order valence-electron chi connectivity index (χ1n) is 22.8. The van der Waals surface area contributed by atoms with Gasteiger partial charge in [-0.2, -0.15) is 0 Å². The minimum atomic E-state index is -1.05. The number of carboxylic acids is 1. The minimum absolute atomic E-state index is 0.105. The first kappa shape index (κ1) is 50.0. The van der Waals surface area contributed by atoms with Crippen molar-refractivity contribution in [3.8, 4) is 85.1 Å². The van der Waals surface area contributed by atoms with E-state index in [1.165, 1.54) is 24.3 Å². The van der Waals surface area contributed by atoms with E-state index < -0.39 is 58.8 Å². The highest BCUT2D eigenvalue weighted by Crippen LogP contribution is 2.31. The molecule has 0 amide bonds. The molecular weight excluding hydrogens is 977 g/mol. The number of aromatic carboxylic acids is 1. The molecule has 0 radical (unpaired) electrons. The largest absolute Gasteiger partial charge is 0.508 e. The van der Waals surface area contributed by atoms with Crippen molar-refractivity contribution in [3.63, 3.8) is 0 Å². The Morgan fingerprint density at radius 2 is 0.461 bits per heavy atom. The number of phenols is 4. The highest BCUT2D eigenvalue weighted by molar-refractivity contribution is 5.97. The number of carbonyl (C=O) groups excluding carboxylic acids is 5. The van der Waals surface area contributed by atoms with Gasteiger partial charge in [0.05, 0.1) is 33.4 Å². The predicted octanol–water partition coefficient (Wildman–Crippen LogP) is 11.3. The van der Waals surface area contributed by atoms with Crippen LogP contribution < -0.4 is 23.7 Å². The van der Waals surface area contributed by atoms with Crippen LogP contribution in [0.25, 0.3) is 33.4 Å². The lowest BCUT2D eigenvalue weighted by Gasteiger charge is -2.12. The summed E-state index contributed by atoms with van der Waals surface area (Å²) in [5.41, 5.74) is 4.77. The number of phenolic OH excluding ortho intramolecular Hbond substituents is 4. The number of carbonyl (C=O) groups is 6. The predicted molar refractivity (Wildman–Crippen MR) is 273 cm³/mol. The minimum Gasteiger partial charge on any atom is -0.508 e. The van der Waals surface area contributed by atoms with Gasteiger partial charge in [0.1, 0.15) is 51.7 Å². The lowest BCUT2D eigenvalue weighted by molar-refractivity contribution is 0.0690. The third-order valence-electron chi connectivity index (χ3n) is 11.4. The van der Waals surface area contributed by atoms with Gasteiger partial charge in [0.15, 0.2) is 0 Å².